The van der Waals surface area contributed by atoms with E-state index in [9.17, 15) is 9.59 Å². The highest BCUT2D eigenvalue weighted by Gasteiger charge is 2.06. The highest BCUT2D eigenvalue weighted by molar-refractivity contribution is 5.81. The largest absolute Gasteiger partial charge is 0.466 e. The fourth-order valence-corrected chi connectivity index (χ4v) is 1.43. The molecule has 1 rings (SSSR count). The summed E-state index contributed by atoms with van der Waals surface area (Å²) in [7, 11) is 0. The van der Waals surface area contributed by atoms with Crippen molar-refractivity contribution < 1.29 is 14.3 Å². The molecule has 0 unspecified atom stereocenters. The molecule has 1 aromatic rings. The predicted molar refractivity (Wildman–Crippen MR) is 66.8 cm³/mol. The Morgan fingerprint density at radius 1 is 1.39 bits per heavy atom. The molecule has 1 amide bonds. The van der Waals surface area contributed by atoms with Crippen molar-refractivity contribution in [1.82, 2.24) is 10.3 Å². The van der Waals surface area contributed by atoms with Crippen molar-refractivity contribution in [1.29, 1.82) is 0 Å². The molecule has 0 bridgehead atoms. The zero-order chi connectivity index (χ0) is 13.2. The summed E-state index contributed by atoms with van der Waals surface area (Å²) in [5.74, 6) is -0.466. The van der Waals surface area contributed by atoms with Crippen LogP contribution in [0.25, 0.3) is 0 Å². The Bertz CT molecular complexity index is 379. The van der Waals surface area contributed by atoms with Crippen LogP contribution in [0.2, 0.25) is 0 Å². The Morgan fingerprint density at radius 2 is 2.22 bits per heavy atom. The van der Waals surface area contributed by atoms with Gasteiger partial charge in [-0.1, -0.05) is 6.07 Å². The summed E-state index contributed by atoms with van der Waals surface area (Å²) in [5, 5.41) is 2.75. The van der Waals surface area contributed by atoms with Gasteiger partial charge in [0.2, 0.25) is 5.91 Å². The normalized spacial score (nSPS) is 9.83. The van der Waals surface area contributed by atoms with Crippen LogP contribution in [0.4, 0.5) is 0 Å². The van der Waals surface area contributed by atoms with Crippen molar-refractivity contribution in [3.8, 4) is 0 Å². The Hall–Kier alpha value is -1.91. The maximum Gasteiger partial charge on any atom is 0.306 e. The second kappa shape index (κ2) is 8.22. The number of esters is 1. The number of nitrogens with zero attached hydrogens (tertiary/aromatic N) is 1. The van der Waals surface area contributed by atoms with Gasteiger partial charge in [0.15, 0.2) is 0 Å². The van der Waals surface area contributed by atoms with E-state index in [0.717, 1.165) is 12.0 Å². The Kier molecular flexibility index (Phi) is 6.46. The summed E-state index contributed by atoms with van der Waals surface area (Å²) in [6, 6.07) is 3.82. The lowest BCUT2D eigenvalue weighted by atomic mass is 10.2. The first-order valence-electron chi connectivity index (χ1n) is 6.03. The van der Waals surface area contributed by atoms with Crippen LogP contribution in [-0.2, 0) is 20.7 Å². The van der Waals surface area contributed by atoms with Gasteiger partial charge >= 0.3 is 5.97 Å². The van der Waals surface area contributed by atoms with E-state index >= 15 is 0 Å². The van der Waals surface area contributed by atoms with Crippen LogP contribution >= 0.6 is 0 Å². The summed E-state index contributed by atoms with van der Waals surface area (Å²) >= 11 is 0. The first-order chi connectivity index (χ1) is 8.72. The maximum absolute atomic E-state index is 11.4. The molecule has 0 aliphatic rings. The Balaban J connectivity index is 2.12. The fraction of sp³-hybridized carbons (Fsp3) is 0.462. The third-order valence-corrected chi connectivity index (χ3v) is 2.32. The molecule has 5 heteroatoms. The van der Waals surface area contributed by atoms with Crippen molar-refractivity contribution >= 4 is 11.9 Å². The molecule has 0 saturated heterocycles. The van der Waals surface area contributed by atoms with Gasteiger partial charge in [0.1, 0.15) is 0 Å². The molecular weight excluding hydrogens is 232 g/mol. The topological polar surface area (TPSA) is 68.3 Å². The Morgan fingerprint density at radius 3 is 2.89 bits per heavy atom. The maximum atomic E-state index is 11.4. The molecule has 1 N–H and O–H groups in total. The van der Waals surface area contributed by atoms with Crippen molar-refractivity contribution in [2.24, 2.45) is 0 Å². The van der Waals surface area contributed by atoms with Crippen LogP contribution in [0.5, 0.6) is 0 Å². The second-order valence-electron chi connectivity index (χ2n) is 3.77. The van der Waals surface area contributed by atoms with E-state index in [1.54, 1.807) is 19.3 Å². The van der Waals surface area contributed by atoms with Gasteiger partial charge in [-0.25, -0.2) is 0 Å². The minimum atomic E-state index is -0.333. The van der Waals surface area contributed by atoms with E-state index in [1.165, 1.54) is 0 Å². The number of aromatic nitrogens is 1. The molecule has 0 fully saturated rings. The molecule has 0 radical (unpaired) electrons. The smallest absolute Gasteiger partial charge is 0.306 e. The lowest BCUT2D eigenvalue weighted by Crippen LogP contribution is -2.26. The quantitative estimate of drug-likeness (QED) is 0.735. The summed E-state index contributed by atoms with van der Waals surface area (Å²) in [4.78, 5) is 26.4. The van der Waals surface area contributed by atoms with Crippen LogP contribution in [-0.4, -0.2) is 30.0 Å². The number of nitrogens with one attached hydrogen (secondary N) is 1. The van der Waals surface area contributed by atoms with E-state index < -0.39 is 0 Å². The fourth-order valence-electron chi connectivity index (χ4n) is 1.43. The molecule has 5 nitrogen and oxygen atoms in total. The molecule has 0 aliphatic heterocycles. The van der Waals surface area contributed by atoms with Crippen LogP contribution < -0.4 is 5.32 Å². The van der Waals surface area contributed by atoms with Crippen molar-refractivity contribution in [3.63, 3.8) is 0 Å². The minimum absolute atomic E-state index is 0.132. The van der Waals surface area contributed by atoms with E-state index in [0.29, 0.717) is 13.2 Å². The van der Waals surface area contributed by atoms with Gasteiger partial charge in [-0.2, -0.15) is 0 Å². The Labute approximate surface area is 107 Å². The lowest BCUT2D eigenvalue weighted by Gasteiger charge is -2.05. The molecule has 0 spiro atoms. The average Bonchev–Trinajstić information content (AvgIpc) is 2.38. The first-order valence-corrected chi connectivity index (χ1v) is 6.03. The zero-order valence-electron chi connectivity index (χ0n) is 10.5. The molecule has 98 valence electrons. The molecule has 0 aliphatic carbocycles. The number of rotatable bonds is 7. The van der Waals surface area contributed by atoms with Gasteiger partial charge in [-0.05, 0) is 25.0 Å². The van der Waals surface area contributed by atoms with Crippen LogP contribution in [0, 0.1) is 0 Å². The standard InChI is InChI=1S/C13H18N2O3/c1-2-18-13(17)6-5-12(16)15-9-7-11-4-3-8-14-10-11/h3-4,8,10H,2,5-7,9H2,1H3,(H,15,16). The summed E-state index contributed by atoms with van der Waals surface area (Å²) in [6.45, 7) is 2.64. The molecule has 0 saturated carbocycles. The molecule has 1 heterocycles. The molecule has 0 aromatic carbocycles. The van der Waals surface area contributed by atoms with Gasteiger partial charge < -0.3 is 10.1 Å². The molecule has 18 heavy (non-hydrogen) atoms. The van der Waals surface area contributed by atoms with E-state index in [-0.39, 0.29) is 24.7 Å². The number of amides is 1. The van der Waals surface area contributed by atoms with Gasteiger partial charge in [-0.3, -0.25) is 14.6 Å². The average molecular weight is 250 g/mol. The highest BCUT2D eigenvalue weighted by Crippen LogP contribution is 1.96. The van der Waals surface area contributed by atoms with Gasteiger partial charge in [0.05, 0.1) is 13.0 Å². The van der Waals surface area contributed by atoms with Gasteiger partial charge in [-0.15, -0.1) is 0 Å². The SMILES string of the molecule is CCOC(=O)CCC(=O)NCCc1cccnc1. The van der Waals surface area contributed by atoms with Crippen LogP contribution in [0.3, 0.4) is 0 Å². The van der Waals surface area contributed by atoms with E-state index in [4.69, 9.17) is 4.74 Å². The molecule has 1 aromatic heterocycles. The number of hydrogen-bond donors (Lipinski definition) is 1. The third kappa shape index (κ3) is 5.98. The number of ether oxygens (including phenoxy) is 1. The van der Waals surface area contributed by atoms with Gasteiger partial charge in [0, 0.05) is 25.4 Å². The molecule has 0 atom stereocenters. The highest BCUT2D eigenvalue weighted by atomic mass is 16.5. The number of carbonyl (C=O) groups excluding carboxylic acids is 2. The number of pyridine rings is 1. The zero-order valence-corrected chi connectivity index (χ0v) is 10.5. The van der Waals surface area contributed by atoms with E-state index in [2.05, 4.69) is 10.3 Å². The number of carbonyl (C=O) groups is 2. The third-order valence-electron chi connectivity index (χ3n) is 2.32. The number of hydrogen-bond acceptors (Lipinski definition) is 4. The van der Waals surface area contributed by atoms with E-state index in [1.807, 2.05) is 12.1 Å². The van der Waals surface area contributed by atoms with Crippen molar-refractivity contribution in [3.05, 3.63) is 30.1 Å². The lowest BCUT2D eigenvalue weighted by molar-refractivity contribution is -0.144. The monoisotopic (exact) mass is 250 g/mol. The summed E-state index contributed by atoms with van der Waals surface area (Å²) in [5.41, 5.74) is 1.07. The predicted octanol–water partition coefficient (Wildman–Crippen LogP) is 1.08. The van der Waals surface area contributed by atoms with Crippen LogP contribution in [0.15, 0.2) is 24.5 Å². The molecular formula is C13H18N2O3. The van der Waals surface area contributed by atoms with Gasteiger partial charge in [0.25, 0.3) is 0 Å². The summed E-state index contributed by atoms with van der Waals surface area (Å²) in [6.07, 6.45) is 4.52. The second-order valence-corrected chi connectivity index (χ2v) is 3.77. The summed E-state index contributed by atoms with van der Waals surface area (Å²) < 4.78 is 4.74. The van der Waals surface area contributed by atoms with Crippen molar-refractivity contribution in [2.75, 3.05) is 13.2 Å². The first kappa shape index (κ1) is 14.2. The van der Waals surface area contributed by atoms with Crippen molar-refractivity contribution in [2.45, 2.75) is 26.2 Å². The van der Waals surface area contributed by atoms with Crippen LogP contribution in [0.1, 0.15) is 25.3 Å². The minimum Gasteiger partial charge on any atom is -0.466 e.